The minimum atomic E-state index is -1.34. The van der Waals surface area contributed by atoms with Gasteiger partial charge in [0.25, 0.3) is 6.02 Å². The zero-order chi connectivity index (χ0) is 12.3. The number of fused-ring (bicyclic) bond motifs is 1. The van der Waals surface area contributed by atoms with Crippen LogP contribution in [-0.2, 0) is 17.6 Å². The molecule has 17 heavy (non-hydrogen) atoms. The fraction of sp³-hybridized carbons (Fsp3) is 0.417. The van der Waals surface area contributed by atoms with Gasteiger partial charge in [-0.2, -0.15) is 0 Å². The van der Waals surface area contributed by atoms with Gasteiger partial charge in [-0.05, 0) is 17.2 Å². The number of ether oxygens (including phenoxy) is 1. The van der Waals surface area contributed by atoms with E-state index in [9.17, 15) is 5.11 Å². The summed E-state index contributed by atoms with van der Waals surface area (Å²) in [7, 11) is 0. The highest BCUT2D eigenvalue weighted by Gasteiger charge is 2.57. The van der Waals surface area contributed by atoms with Crippen molar-refractivity contribution in [2.75, 3.05) is 0 Å². The van der Waals surface area contributed by atoms with Crippen LogP contribution in [0, 0.1) is 0 Å². The molecule has 1 heterocycles. The van der Waals surface area contributed by atoms with E-state index in [1.54, 1.807) is 6.92 Å². The summed E-state index contributed by atoms with van der Waals surface area (Å²) in [6.07, 6.45) is 1.28. The molecule has 5 heteroatoms. The number of aliphatic imine (C=N–C) groups is 1. The molecule has 3 rings (SSSR count). The summed E-state index contributed by atoms with van der Waals surface area (Å²) in [6.45, 7) is 1.62. The molecule has 2 unspecified atom stereocenters. The van der Waals surface area contributed by atoms with Crippen LogP contribution in [-0.4, -0.2) is 22.5 Å². The van der Waals surface area contributed by atoms with E-state index in [-0.39, 0.29) is 6.02 Å². The van der Waals surface area contributed by atoms with E-state index in [1.807, 2.05) is 12.1 Å². The minimum Gasteiger partial charge on any atom is -0.431 e. The molecule has 1 aromatic carbocycles. The van der Waals surface area contributed by atoms with Crippen LogP contribution in [0.3, 0.4) is 0 Å². The summed E-state index contributed by atoms with van der Waals surface area (Å²) in [6, 6.07) is 6.10. The molecule has 1 aromatic rings. The van der Waals surface area contributed by atoms with Crippen molar-refractivity contribution in [1.29, 1.82) is 0 Å². The minimum absolute atomic E-state index is 0.0685. The number of aliphatic hydroxyl groups is 1. The second-order valence-corrected chi connectivity index (χ2v) is 5.65. The summed E-state index contributed by atoms with van der Waals surface area (Å²) in [4.78, 5) is 4.33. The lowest BCUT2D eigenvalue weighted by Crippen LogP contribution is -2.49. The number of hydrogen-bond donors (Lipinski definition) is 2. The van der Waals surface area contributed by atoms with Crippen molar-refractivity contribution in [3.05, 3.63) is 33.8 Å². The molecule has 0 amide bonds. The molecule has 0 saturated heterocycles. The summed E-state index contributed by atoms with van der Waals surface area (Å²) < 4.78 is 6.27. The van der Waals surface area contributed by atoms with E-state index in [4.69, 9.17) is 10.5 Å². The summed E-state index contributed by atoms with van der Waals surface area (Å²) in [5.41, 5.74) is 7.27. The smallest absolute Gasteiger partial charge is 0.285 e. The van der Waals surface area contributed by atoms with Gasteiger partial charge in [0.15, 0.2) is 0 Å². The zero-order valence-electron chi connectivity index (χ0n) is 9.40. The molecule has 0 bridgehead atoms. The lowest BCUT2D eigenvalue weighted by Gasteiger charge is -2.31. The van der Waals surface area contributed by atoms with Crippen molar-refractivity contribution >= 4 is 22.0 Å². The molecule has 0 radical (unpaired) electrons. The quantitative estimate of drug-likeness (QED) is 0.759. The van der Waals surface area contributed by atoms with Gasteiger partial charge >= 0.3 is 0 Å². The molecule has 1 spiro atoms. The first-order chi connectivity index (χ1) is 7.94. The van der Waals surface area contributed by atoms with Crippen molar-refractivity contribution in [1.82, 2.24) is 0 Å². The van der Waals surface area contributed by atoms with Crippen LogP contribution in [0.5, 0.6) is 0 Å². The first-order valence-corrected chi connectivity index (χ1v) is 6.26. The van der Waals surface area contributed by atoms with E-state index >= 15 is 0 Å². The Bertz CT molecular complexity index is 527. The predicted molar refractivity (Wildman–Crippen MR) is 67.6 cm³/mol. The van der Waals surface area contributed by atoms with Gasteiger partial charge in [-0.15, -0.1) is 0 Å². The Hall–Kier alpha value is -1.07. The normalized spacial score (nSPS) is 34.6. The molecule has 3 N–H and O–H groups in total. The van der Waals surface area contributed by atoms with E-state index in [0.29, 0.717) is 12.8 Å². The number of nitrogens with two attached hydrogens (primary N) is 1. The molecule has 2 atom stereocenters. The number of rotatable bonds is 0. The zero-order valence-corrected chi connectivity index (χ0v) is 11.0. The number of halogens is 1. The van der Waals surface area contributed by atoms with Crippen LogP contribution in [0.25, 0.3) is 0 Å². The number of benzene rings is 1. The summed E-state index contributed by atoms with van der Waals surface area (Å²) in [5.74, 6) is -1.34. The highest BCUT2D eigenvalue weighted by atomic mass is 79.9. The third-order valence-electron chi connectivity index (χ3n) is 3.66. The van der Waals surface area contributed by atoms with Gasteiger partial charge in [-0.25, -0.2) is 4.99 Å². The SMILES string of the molecule is CC1(O)OC(N)=NC12Cc1cccc(Br)c1C2. The molecular formula is C12H13BrN2O2. The average Bonchev–Trinajstić information content (AvgIpc) is 2.67. The van der Waals surface area contributed by atoms with Crippen molar-refractivity contribution in [3.63, 3.8) is 0 Å². The largest absolute Gasteiger partial charge is 0.431 e. The maximum atomic E-state index is 10.3. The average molecular weight is 297 g/mol. The number of nitrogens with zero attached hydrogens (tertiary/aromatic N) is 1. The molecule has 2 aliphatic rings. The molecule has 90 valence electrons. The second kappa shape index (κ2) is 3.23. The first-order valence-electron chi connectivity index (χ1n) is 5.46. The van der Waals surface area contributed by atoms with Crippen molar-refractivity contribution < 1.29 is 9.84 Å². The van der Waals surface area contributed by atoms with Crippen LogP contribution in [0.4, 0.5) is 0 Å². The van der Waals surface area contributed by atoms with E-state index in [0.717, 1.165) is 4.47 Å². The number of hydrogen-bond acceptors (Lipinski definition) is 4. The van der Waals surface area contributed by atoms with Gasteiger partial charge in [-0.3, -0.25) is 0 Å². The lowest BCUT2D eigenvalue weighted by atomic mass is 9.88. The first kappa shape index (κ1) is 11.0. The molecule has 0 saturated carbocycles. The Morgan fingerprint density at radius 2 is 2.24 bits per heavy atom. The van der Waals surface area contributed by atoms with Gasteiger partial charge in [0.1, 0.15) is 5.54 Å². The fourth-order valence-corrected chi connectivity index (χ4v) is 3.23. The van der Waals surface area contributed by atoms with Gasteiger partial charge in [0, 0.05) is 24.2 Å². The van der Waals surface area contributed by atoms with Crippen LogP contribution >= 0.6 is 15.9 Å². The maximum Gasteiger partial charge on any atom is 0.285 e. The molecule has 4 nitrogen and oxygen atoms in total. The molecule has 0 aromatic heterocycles. The van der Waals surface area contributed by atoms with Crippen molar-refractivity contribution in [2.45, 2.75) is 31.1 Å². The van der Waals surface area contributed by atoms with Crippen LogP contribution in [0.1, 0.15) is 18.1 Å². The van der Waals surface area contributed by atoms with Gasteiger partial charge in [-0.1, -0.05) is 28.1 Å². The van der Waals surface area contributed by atoms with Crippen LogP contribution < -0.4 is 5.73 Å². The van der Waals surface area contributed by atoms with E-state index in [2.05, 4.69) is 27.0 Å². The third-order valence-corrected chi connectivity index (χ3v) is 4.40. The monoisotopic (exact) mass is 296 g/mol. The predicted octanol–water partition coefficient (Wildman–Crippen LogP) is 1.34. The maximum absolute atomic E-state index is 10.3. The Kier molecular flexibility index (Phi) is 2.10. The van der Waals surface area contributed by atoms with Crippen LogP contribution in [0.15, 0.2) is 27.7 Å². The van der Waals surface area contributed by atoms with Gasteiger partial charge in [0.2, 0.25) is 5.79 Å². The second-order valence-electron chi connectivity index (χ2n) is 4.80. The highest BCUT2D eigenvalue weighted by molar-refractivity contribution is 9.10. The molecular weight excluding hydrogens is 284 g/mol. The Labute approximate surface area is 108 Å². The van der Waals surface area contributed by atoms with Crippen LogP contribution in [0.2, 0.25) is 0 Å². The topological polar surface area (TPSA) is 67.8 Å². The van der Waals surface area contributed by atoms with E-state index < -0.39 is 11.3 Å². The number of amidine groups is 1. The Morgan fingerprint density at radius 3 is 2.82 bits per heavy atom. The van der Waals surface area contributed by atoms with E-state index in [1.165, 1.54) is 11.1 Å². The molecule has 1 aliphatic heterocycles. The molecule has 1 aliphatic carbocycles. The van der Waals surface area contributed by atoms with Gasteiger partial charge in [0.05, 0.1) is 0 Å². The lowest BCUT2D eigenvalue weighted by molar-refractivity contribution is -0.162. The van der Waals surface area contributed by atoms with Crippen molar-refractivity contribution in [3.8, 4) is 0 Å². The molecule has 0 fully saturated rings. The summed E-state index contributed by atoms with van der Waals surface area (Å²) >= 11 is 3.53. The Morgan fingerprint density at radius 1 is 1.47 bits per heavy atom. The fourth-order valence-electron chi connectivity index (χ4n) is 2.68. The Balaban J connectivity index is 2.09. The highest BCUT2D eigenvalue weighted by Crippen LogP contribution is 2.45. The van der Waals surface area contributed by atoms with Gasteiger partial charge < -0.3 is 15.6 Å². The summed E-state index contributed by atoms with van der Waals surface area (Å²) in [5, 5.41) is 10.3. The third kappa shape index (κ3) is 1.42. The van der Waals surface area contributed by atoms with Crippen molar-refractivity contribution in [2.24, 2.45) is 10.7 Å². The standard InChI is InChI=1S/C12H13BrN2O2/c1-11(16)12(15-10(14)17-11)5-7-3-2-4-9(13)8(7)6-12/h2-4,16H,5-6H2,1H3,(H2,14,15).